The third-order valence-electron chi connectivity index (χ3n) is 3.80. The quantitative estimate of drug-likeness (QED) is 0.652. The second-order valence-electron chi connectivity index (χ2n) is 5.47. The van der Waals surface area contributed by atoms with Gasteiger partial charge in [0.1, 0.15) is 6.29 Å². The summed E-state index contributed by atoms with van der Waals surface area (Å²) in [5.74, 6) is 0. The van der Waals surface area contributed by atoms with Gasteiger partial charge in [-0.1, -0.05) is 29.3 Å². The summed E-state index contributed by atoms with van der Waals surface area (Å²) in [7, 11) is -3.75. The summed E-state index contributed by atoms with van der Waals surface area (Å²) >= 11 is 6.34. The van der Waals surface area contributed by atoms with Crippen molar-refractivity contribution in [2.45, 2.75) is 24.7 Å². The van der Waals surface area contributed by atoms with Crippen molar-refractivity contribution in [2.75, 3.05) is 0 Å². The van der Waals surface area contributed by atoms with Gasteiger partial charge in [0.15, 0.2) is 5.65 Å². The molecule has 0 radical (unpaired) electrons. The summed E-state index contributed by atoms with van der Waals surface area (Å²) in [4.78, 5) is 15.0. The molecule has 0 aliphatic heterocycles. The van der Waals surface area contributed by atoms with E-state index in [0.717, 1.165) is 21.4 Å². The summed E-state index contributed by atoms with van der Waals surface area (Å²) in [6, 6.07) is 8.25. The summed E-state index contributed by atoms with van der Waals surface area (Å²) in [5.41, 5.74) is 1.98. The van der Waals surface area contributed by atoms with E-state index in [1.165, 1.54) is 12.4 Å². The molecule has 2 aromatic heterocycles. The number of benzene rings is 1. The number of aldehydes is 1. The van der Waals surface area contributed by atoms with Crippen LogP contribution in [0.1, 0.15) is 17.5 Å². The number of fused-ring (bicyclic) bond motifs is 1. The molecule has 0 saturated heterocycles. The Bertz CT molecular complexity index is 1010. The maximum absolute atomic E-state index is 12.8. The van der Waals surface area contributed by atoms with Gasteiger partial charge in [-0.2, -0.15) is 0 Å². The number of carbonyl (C=O) groups is 1. The van der Waals surface area contributed by atoms with Crippen LogP contribution in [0, 0.1) is 6.92 Å². The Morgan fingerprint density at radius 3 is 2.58 bits per heavy atom. The Morgan fingerprint density at radius 2 is 1.92 bits per heavy atom. The molecule has 5 nitrogen and oxygen atoms in total. The van der Waals surface area contributed by atoms with Gasteiger partial charge in [-0.25, -0.2) is 17.4 Å². The maximum Gasteiger partial charge on any atom is 0.269 e. The summed E-state index contributed by atoms with van der Waals surface area (Å²) in [6.45, 7) is 1.89. The van der Waals surface area contributed by atoms with Crippen molar-refractivity contribution in [3.63, 3.8) is 0 Å². The minimum Gasteiger partial charge on any atom is -0.303 e. The standard InChI is InChI=1S/C17H15ClN2O3S/c1-12-4-6-14(7-5-12)24(22,23)20-9-8-15-16(18)13(3-2-10-21)11-19-17(15)20/h4-11H,2-3H2,1H3. The highest BCUT2D eigenvalue weighted by molar-refractivity contribution is 7.90. The minimum absolute atomic E-state index is 0.188. The molecule has 1 aromatic carbocycles. The first kappa shape index (κ1) is 16.7. The largest absolute Gasteiger partial charge is 0.303 e. The Labute approximate surface area is 144 Å². The molecule has 3 rings (SSSR count). The number of rotatable bonds is 5. The molecule has 0 fully saturated rings. The third kappa shape index (κ3) is 2.83. The first-order valence-electron chi connectivity index (χ1n) is 7.35. The fourth-order valence-electron chi connectivity index (χ4n) is 2.48. The second kappa shape index (κ2) is 6.37. The minimum atomic E-state index is -3.75. The van der Waals surface area contributed by atoms with Gasteiger partial charge in [0.2, 0.25) is 0 Å². The van der Waals surface area contributed by atoms with Crippen molar-refractivity contribution >= 4 is 38.9 Å². The number of pyridine rings is 1. The summed E-state index contributed by atoms with van der Waals surface area (Å²) in [6.07, 6.45) is 4.60. The van der Waals surface area contributed by atoms with Crippen molar-refractivity contribution in [2.24, 2.45) is 0 Å². The van der Waals surface area contributed by atoms with E-state index in [0.29, 0.717) is 23.3 Å². The predicted molar refractivity (Wildman–Crippen MR) is 92.9 cm³/mol. The van der Waals surface area contributed by atoms with Crippen LogP contribution in [0.15, 0.2) is 47.6 Å². The molecule has 3 aromatic rings. The number of carbonyl (C=O) groups excluding carboxylic acids is 1. The van der Waals surface area contributed by atoms with Crippen molar-refractivity contribution in [1.29, 1.82) is 0 Å². The monoisotopic (exact) mass is 362 g/mol. The number of aromatic nitrogens is 2. The zero-order chi connectivity index (χ0) is 17.3. The first-order chi connectivity index (χ1) is 11.4. The van der Waals surface area contributed by atoms with Gasteiger partial charge in [-0.3, -0.25) is 0 Å². The zero-order valence-electron chi connectivity index (χ0n) is 12.9. The van der Waals surface area contributed by atoms with Crippen molar-refractivity contribution in [1.82, 2.24) is 8.96 Å². The van der Waals surface area contributed by atoms with E-state index < -0.39 is 10.0 Å². The Hall–Kier alpha value is -2.18. The molecule has 2 heterocycles. The SMILES string of the molecule is Cc1ccc(S(=O)(=O)n2ccc3c(Cl)c(CCC=O)cnc32)cc1. The van der Waals surface area contributed by atoms with Crippen LogP contribution in [-0.2, 0) is 21.2 Å². The Balaban J connectivity index is 2.12. The lowest BCUT2D eigenvalue weighted by Crippen LogP contribution is -2.12. The summed E-state index contributed by atoms with van der Waals surface area (Å²) in [5, 5.41) is 0.982. The molecule has 7 heteroatoms. The number of hydrogen-bond acceptors (Lipinski definition) is 4. The molecule has 0 bridgehead atoms. The molecule has 0 aliphatic rings. The van der Waals surface area contributed by atoms with Crippen molar-refractivity contribution in [3.8, 4) is 0 Å². The van der Waals surface area contributed by atoms with Gasteiger partial charge in [-0.05, 0) is 37.1 Å². The molecule has 0 spiro atoms. The van der Waals surface area contributed by atoms with Crippen LogP contribution in [-0.4, -0.2) is 23.7 Å². The normalized spacial score (nSPS) is 11.8. The van der Waals surface area contributed by atoms with Crippen LogP contribution < -0.4 is 0 Å². The van der Waals surface area contributed by atoms with Crippen LogP contribution >= 0.6 is 11.6 Å². The predicted octanol–water partition coefficient (Wildman–Crippen LogP) is 3.37. The van der Waals surface area contributed by atoms with E-state index in [-0.39, 0.29) is 10.5 Å². The molecule has 0 atom stereocenters. The highest BCUT2D eigenvalue weighted by Gasteiger charge is 2.21. The lowest BCUT2D eigenvalue weighted by molar-refractivity contribution is -0.107. The lowest BCUT2D eigenvalue weighted by Gasteiger charge is -2.08. The third-order valence-corrected chi connectivity index (χ3v) is 5.92. The molecule has 24 heavy (non-hydrogen) atoms. The number of hydrogen-bond donors (Lipinski definition) is 0. The van der Waals surface area contributed by atoms with Crippen LogP contribution in [0.25, 0.3) is 11.0 Å². The van der Waals surface area contributed by atoms with E-state index in [4.69, 9.17) is 11.6 Å². The molecule has 0 aliphatic carbocycles. The first-order valence-corrected chi connectivity index (χ1v) is 9.17. The highest BCUT2D eigenvalue weighted by Crippen LogP contribution is 2.29. The highest BCUT2D eigenvalue weighted by atomic mass is 35.5. The molecule has 0 unspecified atom stereocenters. The molecular formula is C17H15ClN2O3S. The number of nitrogens with zero attached hydrogens (tertiary/aromatic N) is 2. The van der Waals surface area contributed by atoms with Gasteiger partial charge < -0.3 is 4.79 Å². The smallest absolute Gasteiger partial charge is 0.269 e. The molecule has 0 saturated carbocycles. The Morgan fingerprint density at radius 1 is 1.21 bits per heavy atom. The van der Waals surface area contributed by atoms with Crippen LogP contribution in [0.4, 0.5) is 0 Å². The van der Waals surface area contributed by atoms with E-state index >= 15 is 0 Å². The van der Waals surface area contributed by atoms with Crippen LogP contribution in [0.5, 0.6) is 0 Å². The number of aryl methyl sites for hydroxylation is 2. The van der Waals surface area contributed by atoms with Gasteiger partial charge in [0.05, 0.1) is 9.92 Å². The van der Waals surface area contributed by atoms with Crippen LogP contribution in [0.2, 0.25) is 5.02 Å². The average Bonchev–Trinajstić information content (AvgIpc) is 3.00. The zero-order valence-corrected chi connectivity index (χ0v) is 14.5. The average molecular weight is 363 g/mol. The van der Waals surface area contributed by atoms with E-state index in [1.807, 2.05) is 6.92 Å². The van der Waals surface area contributed by atoms with Gasteiger partial charge in [0.25, 0.3) is 10.0 Å². The van der Waals surface area contributed by atoms with Gasteiger partial charge >= 0.3 is 0 Å². The maximum atomic E-state index is 12.8. The fraction of sp³-hybridized carbons (Fsp3) is 0.176. The van der Waals surface area contributed by atoms with E-state index in [9.17, 15) is 13.2 Å². The van der Waals surface area contributed by atoms with E-state index in [2.05, 4.69) is 4.98 Å². The molecule has 0 amide bonds. The number of halogens is 1. The molecule has 0 N–H and O–H groups in total. The lowest BCUT2D eigenvalue weighted by atomic mass is 10.1. The van der Waals surface area contributed by atoms with Crippen molar-refractivity contribution < 1.29 is 13.2 Å². The van der Waals surface area contributed by atoms with Crippen molar-refractivity contribution in [3.05, 3.63) is 58.9 Å². The topological polar surface area (TPSA) is 69.0 Å². The fourth-order valence-corrected chi connectivity index (χ4v) is 4.07. The van der Waals surface area contributed by atoms with Gasteiger partial charge in [0, 0.05) is 24.2 Å². The second-order valence-corrected chi connectivity index (χ2v) is 7.66. The molecule has 124 valence electrons. The van der Waals surface area contributed by atoms with Crippen LogP contribution in [0.3, 0.4) is 0 Å². The van der Waals surface area contributed by atoms with Gasteiger partial charge in [-0.15, -0.1) is 0 Å². The summed E-state index contributed by atoms with van der Waals surface area (Å²) < 4.78 is 26.8. The van der Waals surface area contributed by atoms with E-state index in [1.54, 1.807) is 30.3 Å². The Kier molecular flexibility index (Phi) is 4.43. The molecular weight excluding hydrogens is 348 g/mol.